The average molecular weight is 737 g/mol. The van der Waals surface area contributed by atoms with Crippen LogP contribution in [0, 0.1) is 0 Å². The molecule has 4 aromatic heterocycles. The van der Waals surface area contributed by atoms with Crippen molar-refractivity contribution in [1.29, 1.82) is 0 Å². The van der Waals surface area contributed by atoms with Gasteiger partial charge in [-0.3, -0.25) is 14.0 Å². The topological polar surface area (TPSA) is 164 Å². The van der Waals surface area contributed by atoms with E-state index in [1.165, 1.54) is 34.8 Å². The summed E-state index contributed by atoms with van der Waals surface area (Å²) in [6, 6.07) is 25.7. The Morgan fingerprint density at radius 1 is 0.694 bits per heavy atom. The molecule has 0 atom stereocenters. The van der Waals surface area contributed by atoms with Crippen LogP contribution in [-0.2, 0) is 10.0 Å². The number of nitrogen functional groups attached to an aromatic ring is 1. The number of rotatable bonds is 7. The number of sulfonamides is 1. The Labute approximate surface area is 283 Å². The fraction of sp³-hybridized carbons (Fsp3) is 0.0323. The number of hydrogen-bond acceptors (Lipinski definition) is 9. The number of alkyl halides is 1. The van der Waals surface area contributed by atoms with Crippen molar-refractivity contribution in [3.8, 4) is 0 Å². The summed E-state index contributed by atoms with van der Waals surface area (Å²) in [4.78, 5) is 40.2. The number of H-pyrrole nitrogens is 2. The first-order valence-corrected chi connectivity index (χ1v) is 16.7. The van der Waals surface area contributed by atoms with Gasteiger partial charge in [0.1, 0.15) is 0 Å². The molecule has 0 fully saturated rings. The SMILES string of the molecule is CF.FF.FF.Nc1nc2ccc(C(=O)c3cccs3)cc2[nH]1.O=C(c1ccc2nc(NS(=O)(=O)c3ccccc3)[nH]c2c1)c1cccs1. The van der Waals surface area contributed by atoms with Crippen LogP contribution in [0.5, 0.6) is 0 Å². The van der Waals surface area contributed by atoms with E-state index in [0.29, 0.717) is 40.2 Å². The average Bonchev–Trinajstić information content (AvgIpc) is 3.97. The minimum Gasteiger partial charge on any atom is -0.369 e. The molecule has 0 saturated carbocycles. The minimum absolute atomic E-state index is 0.0232. The molecule has 0 bridgehead atoms. The van der Waals surface area contributed by atoms with Crippen LogP contribution in [0.1, 0.15) is 30.5 Å². The van der Waals surface area contributed by atoms with Gasteiger partial charge in [0.25, 0.3) is 10.0 Å². The zero-order chi connectivity index (χ0) is 36.0. The molecule has 3 aromatic carbocycles. The highest BCUT2D eigenvalue weighted by molar-refractivity contribution is 7.92. The van der Waals surface area contributed by atoms with Crippen molar-refractivity contribution < 1.29 is 40.7 Å². The Kier molecular flexibility index (Phi) is 14.1. The van der Waals surface area contributed by atoms with E-state index >= 15 is 0 Å². The highest BCUT2D eigenvalue weighted by Crippen LogP contribution is 2.22. The number of nitrogens with one attached hydrogen (secondary N) is 3. The Balaban J connectivity index is 0.000000245. The third-order valence-electron chi connectivity index (χ3n) is 6.28. The summed E-state index contributed by atoms with van der Waals surface area (Å²) >= 11 is 2.81. The molecule has 4 heterocycles. The number of aromatic nitrogens is 4. The molecule has 7 aromatic rings. The number of nitrogens with zero attached hydrogens (tertiary/aromatic N) is 2. The molecule has 49 heavy (non-hydrogen) atoms. The number of thiophene rings is 2. The number of anilines is 2. The van der Waals surface area contributed by atoms with Gasteiger partial charge in [0.15, 0.2) is 5.95 Å². The largest absolute Gasteiger partial charge is 0.369 e. The van der Waals surface area contributed by atoms with E-state index in [2.05, 4.69) is 24.7 Å². The van der Waals surface area contributed by atoms with Gasteiger partial charge >= 0.3 is 0 Å². The van der Waals surface area contributed by atoms with Crippen molar-refractivity contribution >= 4 is 78.2 Å². The molecule has 0 saturated heterocycles. The second-order valence-corrected chi connectivity index (χ2v) is 12.8. The van der Waals surface area contributed by atoms with Crippen molar-refractivity contribution in [2.45, 2.75) is 4.90 Å². The molecule has 0 radical (unpaired) electrons. The monoisotopic (exact) mass is 736 g/mol. The number of carbonyl (C=O) groups excluding carboxylic acids is 2. The summed E-state index contributed by atoms with van der Waals surface area (Å²) in [6.45, 7) is 0. The second kappa shape index (κ2) is 18.2. The molecule has 10 nitrogen and oxygen atoms in total. The van der Waals surface area contributed by atoms with Crippen LogP contribution in [-0.4, -0.2) is 47.1 Å². The summed E-state index contributed by atoms with van der Waals surface area (Å²) in [5, 5.41) is 3.73. The third-order valence-corrected chi connectivity index (χ3v) is 9.37. The summed E-state index contributed by atoms with van der Waals surface area (Å²) in [7, 11) is -3.23. The Morgan fingerprint density at radius 3 is 1.67 bits per heavy atom. The Hall–Kier alpha value is -5.46. The van der Waals surface area contributed by atoms with E-state index in [9.17, 15) is 22.4 Å². The molecular formula is C31H25F5N6O4S3. The van der Waals surface area contributed by atoms with Gasteiger partial charge in [-0.25, -0.2) is 23.1 Å². The summed E-state index contributed by atoms with van der Waals surface area (Å²) < 4.78 is 68.7. The normalized spacial score (nSPS) is 10.2. The van der Waals surface area contributed by atoms with E-state index in [4.69, 9.17) is 24.0 Å². The van der Waals surface area contributed by atoms with Crippen molar-refractivity contribution in [3.05, 3.63) is 123 Å². The smallest absolute Gasteiger partial charge is 0.264 e. The summed E-state index contributed by atoms with van der Waals surface area (Å²) in [6.07, 6.45) is 0. The molecule has 7 rings (SSSR count). The standard InChI is InChI=1S/C18H13N3O3S2.C12H9N3OS.CH3F.2F2/c22-17(16-7-4-10-25-16)12-8-9-14-15(11-12)20-18(19-14)21-26(23,24)13-5-2-1-3-6-13;13-12-14-8-4-3-7(6-9(8)15-12)11(16)10-2-1-5-17-10;3*1-2/h1-11H,(H2,19,20,21);1-6H,(H3,13,14,15);1H3;;. The maximum Gasteiger partial charge on any atom is 0.264 e. The number of nitrogens with two attached hydrogens (primary N) is 1. The molecule has 5 N–H and O–H groups in total. The van der Waals surface area contributed by atoms with Gasteiger partial charge in [-0.05, 0) is 71.4 Å². The fourth-order valence-corrected chi connectivity index (χ4v) is 6.61. The molecule has 0 aliphatic rings. The molecule has 0 amide bonds. The number of aromatic amines is 2. The summed E-state index contributed by atoms with van der Waals surface area (Å²) in [5.74, 6) is 0.406. The van der Waals surface area contributed by atoms with Crippen LogP contribution in [0.25, 0.3) is 22.1 Å². The van der Waals surface area contributed by atoms with Crippen LogP contribution in [0.2, 0.25) is 0 Å². The van der Waals surface area contributed by atoms with Crippen LogP contribution < -0.4 is 10.5 Å². The van der Waals surface area contributed by atoms with E-state index < -0.39 is 10.0 Å². The van der Waals surface area contributed by atoms with E-state index in [1.807, 2.05) is 29.0 Å². The second-order valence-electron chi connectivity index (χ2n) is 9.20. The van der Waals surface area contributed by atoms with Crippen LogP contribution in [0.4, 0.5) is 34.6 Å². The van der Waals surface area contributed by atoms with Crippen LogP contribution in [0.3, 0.4) is 0 Å². The minimum atomic E-state index is -3.73. The molecule has 0 aliphatic heterocycles. The lowest BCUT2D eigenvalue weighted by atomic mass is 10.1. The molecule has 256 valence electrons. The first-order valence-electron chi connectivity index (χ1n) is 13.4. The van der Waals surface area contributed by atoms with Gasteiger partial charge in [-0.15, -0.1) is 22.7 Å². The molecule has 0 unspecified atom stereocenters. The number of benzene rings is 3. The lowest BCUT2D eigenvalue weighted by Crippen LogP contribution is -2.13. The first kappa shape index (κ1) is 38.0. The molecule has 18 heteroatoms. The van der Waals surface area contributed by atoms with Gasteiger partial charge in [0.05, 0.1) is 43.9 Å². The Bertz CT molecular complexity index is 2190. The van der Waals surface area contributed by atoms with Crippen LogP contribution >= 0.6 is 22.7 Å². The number of imidazole rings is 2. The zero-order valence-electron chi connectivity index (χ0n) is 25.0. The molecule has 0 aliphatic carbocycles. The van der Waals surface area contributed by atoms with E-state index in [1.54, 1.807) is 60.7 Å². The zero-order valence-corrected chi connectivity index (χ0v) is 27.5. The number of halogens is 5. The third kappa shape index (κ3) is 9.55. The Morgan fingerprint density at radius 2 is 1.18 bits per heavy atom. The highest BCUT2D eigenvalue weighted by atomic mass is 32.2. The van der Waals surface area contributed by atoms with E-state index in [-0.39, 0.29) is 22.4 Å². The molecular weight excluding hydrogens is 712 g/mol. The van der Waals surface area contributed by atoms with Gasteiger partial charge in [-0.1, -0.05) is 30.3 Å². The van der Waals surface area contributed by atoms with Gasteiger partial charge in [0, 0.05) is 29.4 Å². The number of fused-ring (bicyclic) bond motifs is 2. The van der Waals surface area contributed by atoms with Gasteiger partial charge < -0.3 is 15.7 Å². The number of hydrogen-bond donors (Lipinski definition) is 4. The van der Waals surface area contributed by atoms with Crippen LogP contribution in [0.15, 0.2) is 107 Å². The maximum atomic E-state index is 12.4. The van der Waals surface area contributed by atoms with Gasteiger partial charge in [-0.2, -0.15) is 0 Å². The lowest BCUT2D eigenvalue weighted by Gasteiger charge is -2.04. The first-order chi connectivity index (χ1) is 23.8. The van der Waals surface area contributed by atoms with Crippen molar-refractivity contribution in [3.63, 3.8) is 0 Å². The van der Waals surface area contributed by atoms with Crippen molar-refractivity contribution in [2.75, 3.05) is 17.6 Å². The van der Waals surface area contributed by atoms with E-state index in [0.717, 1.165) is 15.9 Å². The van der Waals surface area contributed by atoms with Gasteiger partial charge in [0.2, 0.25) is 17.5 Å². The predicted molar refractivity (Wildman–Crippen MR) is 181 cm³/mol. The quantitative estimate of drug-likeness (QED) is 0.0944. The van der Waals surface area contributed by atoms with Crippen molar-refractivity contribution in [1.82, 2.24) is 19.9 Å². The maximum absolute atomic E-state index is 12.4. The van der Waals surface area contributed by atoms with Crippen molar-refractivity contribution in [2.24, 2.45) is 0 Å². The fourth-order valence-electron chi connectivity index (χ4n) is 4.26. The molecule has 0 spiro atoms. The number of ketones is 2. The lowest BCUT2D eigenvalue weighted by molar-refractivity contribution is 0.103. The number of carbonyl (C=O) groups is 2. The highest BCUT2D eigenvalue weighted by Gasteiger charge is 2.17. The predicted octanol–water partition coefficient (Wildman–Crippen LogP) is 8.36. The summed E-state index contributed by atoms with van der Waals surface area (Å²) in [5.41, 5.74) is 9.42.